The summed E-state index contributed by atoms with van der Waals surface area (Å²) < 4.78 is 13.1. The van der Waals surface area contributed by atoms with Gasteiger partial charge in [0.1, 0.15) is 12.8 Å². The number of nitrogens with zero attached hydrogens (tertiary/aromatic N) is 2. The van der Waals surface area contributed by atoms with Crippen LogP contribution in [-0.2, 0) is 4.79 Å². The number of benzene rings is 1. The fourth-order valence-electron chi connectivity index (χ4n) is 2.08. The predicted octanol–water partition coefficient (Wildman–Crippen LogP) is 2.74. The Bertz CT molecular complexity index is 681. The molecule has 0 aliphatic heterocycles. The molecule has 1 heterocycles. The van der Waals surface area contributed by atoms with Gasteiger partial charge >= 0.3 is 0 Å². The Morgan fingerprint density at radius 3 is 2.38 bits per heavy atom. The molecule has 5 nitrogen and oxygen atoms in total. The number of aromatic nitrogens is 2. The van der Waals surface area contributed by atoms with Gasteiger partial charge in [-0.2, -0.15) is 10.2 Å². The number of hydrogen-bond acceptors (Lipinski definition) is 4. The Kier molecular flexibility index (Phi) is 6.48. The Balaban J connectivity index is 2.13. The van der Waals surface area contributed by atoms with Crippen molar-refractivity contribution in [1.82, 2.24) is 15.5 Å². The number of aliphatic hydroxyl groups excluding tert-OH is 1. The van der Waals surface area contributed by atoms with Crippen LogP contribution in [0, 0.1) is 6.92 Å². The van der Waals surface area contributed by atoms with Gasteiger partial charge in [0.2, 0.25) is 0 Å². The van der Waals surface area contributed by atoms with Gasteiger partial charge in [-0.25, -0.2) is 4.39 Å². The fourth-order valence-corrected chi connectivity index (χ4v) is 2.21. The number of carbonyl (C=O) groups is 1. The summed E-state index contributed by atoms with van der Waals surface area (Å²) in [6.45, 7) is 0.881. The lowest BCUT2D eigenvalue weighted by Crippen LogP contribution is -2.43. The Morgan fingerprint density at radius 2 is 1.88 bits per heavy atom. The molecule has 2 atom stereocenters. The molecular formula is C16H16Cl2FN3O2. The van der Waals surface area contributed by atoms with E-state index in [4.69, 9.17) is 23.2 Å². The molecule has 1 aromatic carbocycles. The van der Waals surface area contributed by atoms with Crippen LogP contribution < -0.4 is 5.32 Å². The van der Waals surface area contributed by atoms with E-state index in [-0.39, 0.29) is 0 Å². The van der Waals surface area contributed by atoms with E-state index in [9.17, 15) is 14.3 Å². The largest absolute Gasteiger partial charge is 0.386 e. The topological polar surface area (TPSA) is 75.1 Å². The van der Waals surface area contributed by atoms with Crippen molar-refractivity contribution in [2.45, 2.75) is 23.9 Å². The number of carbonyl (C=O) groups excluding carboxylic acids is 1. The molecule has 0 aliphatic rings. The maximum Gasteiger partial charge on any atom is 0.253 e. The third-order valence-corrected chi connectivity index (χ3v) is 3.82. The van der Waals surface area contributed by atoms with E-state index in [1.807, 2.05) is 19.1 Å². The van der Waals surface area contributed by atoms with Crippen molar-refractivity contribution in [3.05, 3.63) is 47.7 Å². The lowest BCUT2D eigenvalue weighted by Gasteiger charge is -2.22. The van der Waals surface area contributed by atoms with Crippen molar-refractivity contribution in [3.63, 3.8) is 0 Å². The van der Waals surface area contributed by atoms with Gasteiger partial charge in [-0.1, -0.05) is 47.5 Å². The number of alkyl halides is 3. The van der Waals surface area contributed by atoms with Crippen molar-refractivity contribution >= 4 is 29.1 Å². The van der Waals surface area contributed by atoms with Crippen LogP contribution in [0.15, 0.2) is 36.4 Å². The predicted molar refractivity (Wildman–Crippen MR) is 90.6 cm³/mol. The summed E-state index contributed by atoms with van der Waals surface area (Å²) in [5.74, 6) is -0.758. The zero-order valence-corrected chi connectivity index (χ0v) is 14.3. The van der Waals surface area contributed by atoms with Crippen LogP contribution in [0.3, 0.4) is 0 Å². The van der Waals surface area contributed by atoms with Crippen LogP contribution >= 0.6 is 23.2 Å². The minimum atomic E-state index is -1.33. The normalized spacial score (nSPS) is 13.6. The van der Waals surface area contributed by atoms with Crippen molar-refractivity contribution in [2.24, 2.45) is 0 Å². The summed E-state index contributed by atoms with van der Waals surface area (Å²) in [5.41, 5.74) is 2.75. The average Bonchev–Trinajstić information content (AvgIpc) is 2.59. The first-order valence-electron chi connectivity index (χ1n) is 7.15. The highest BCUT2D eigenvalue weighted by molar-refractivity contribution is 6.53. The molecule has 0 aliphatic carbocycles. The quantitative estimate of drug-likeness (QED) is 0.765. The number of nitrogens with one attached hydrogen (secondary N) is 1. The molecule has 0 fully saturated rings. The van der Waals surface area contributed by atoms with Gasteiger partial charge in [0.25, 0.3) is 5.91 Å². The summed E-state index contributed by atoms with van der Waals surface area (Å²) in [5, 5.41) is 20.6. The number of aliphatic hydroxyl groups is 1. The molecule has 1 aromatic heterocycles. The van der Waals surface area contributed by atoms with Crippen LogP contribution in [0.2, 0.25) is 0 Å². The van der Waals surface area contributed by atoms with Gasteiger partial charge in [-0.3, -0.25) is 4.79 Å². The molecule has 0 radical (unpaired) electrons. The number of halogens is 3. The highest BCUT2D eigenvalue weighted by Crippen LogP contribution is 2.22. The van der Waals surface area contributed by atoms with Gasteiger partial charge in [-0.05, 0) is 24.6 Å². The minimum absolute atomic E-state index is 0.447. The van der Waals surface area contributed by atoms with E-state index in [1.54, 1.807) is 24.3 Å². The average molecular weight is 372 g/mol. The van der Waals surface area contributed by atoms with Gasteiger partial charge in [-0.15, -0.1) is 0 Å². The Labute approximate surface area is 148 Å². The summed E-state index contributed by atoms with van der Waals surface area (Å²) >= 11 is 10.8. The summed E-state index contributed by atoms with van der Waals surface area (Å²) in [6.07, 6.45) is -1.23. The summed E-state index contributed by atoms with van der Waals surface area (Å²) in [7, 11) is 0. The molecule has 24 heavy (non-hydrogen) atoms. The molecular weight excluding hydrogens is 356 g/mol. The monoisotopic (exact) mass is 371 g/mol. The highest BCUT2D eigenvalue weighted by atomic mass is 35.5. The Morgan fingerprint density at radius 1 is 1.21 bits per heavy atom. The van der Waals surface area contributed by atoms with E-state index >= 15 is 0 Å². The van der Waals surface area contributed by atoms with Crippen LogP contribution in [0.1, 0.15) is 17.4 Å². The summed E-state index contributed by atoms with van der Waals surface area (Å²) in [6, 6.07) is 9.28. The lowest BCUT2D eigenvalue weighted by molar-refractivity contribution is -0.121. The SMILES string of the molecule is Cc1ccc(-c2ccc(C(O)C(CF)NC(=O)C(Cl)Cl)cc2)nn1. The Hall–Kier alpha value is -1.76. The first-order valence-corrected chi connectivity index (χ1v) is 8.03. The molecule has 8 heteroatoms. The van der Waals surface area contributed by atoms with Crippen molar-refractivity contribution < 1.29 is 14.3 Å². The number of amides is 1. The first kappa shape index (κ1) is 18.6. The molecule has 0 saturated heterocycles. The lowest BCUT2D eigenvalue weighted by atomic mass is 10.0. The second-order valence-corrected chi connectivity index (χ2v) is 6.29. The molecule has 0 saturated carbocycles. The maximum absolute atomic E-state index is 13.1. The second kappa shape index (κ2) is 8.37. The first-order chi connectivity index (χ1) is 11.4. The third-order valence-electron chi connectivity index (χ3n) is 3.42. The molecule has 0 bridgehead atoms. The molecule has 2 rings (SSSR count). The number of hydrogen-bond donors (Lipinski definition) is 2. The van der Waals surface area contributed by atoms with Gasteiger partial charge < -0.3 is 10.4 Å². The molecule has 2 unspecified atom stereocenters. The molecule has 128 valence electrons. The second-order valence-electron chi connectivity index (χ2n) is 5.20. The van der Waals surface area contributed by atoms with E-state index in [2.05, 4.69) is 15.5 Å². The van der Waals surface area contributed by atoms with E-state index in [1.165, 1.54) is 0 Å². The standard InChI is InChI=1S/C16H16Cl2FN3O2/c1-9-2-7-12(22-21-9)10-3-5-11(6-4-10)14(23)13(8-19)20-16(24)15(17)18/h2-7,13-15,23H,8H2,1H3,(H,20,24). The molecule has 0 spiro atoms. The van der Waals surface area contributed by atoms with Crippen molar-refractivity contribution in [3.8, 4) is 11.3 Å². The van der Waals surface area contributed by atoms with Crippen molar-refractivity contribution in [1.29, 1.82) is 0 Å². The van der Waals surface area contributed by atoms with Crippen LogP contribution in [0.25, 0.3) is 11.3 Å². The third kappa shape index (κ3) is 4.63. The van der Waals surface area contributed by atoms with Crippen LogP contribution in [0.5, 0.6) is 0 Å². The van der Waals surface area contributed by atoms with Gasteiger partial charge in [0.05, 0.1) is 17.4 Å². The maximum atomic E-state index is 13.1. The van der Waals surface area contributed by atoms with Crippen LogP contribution in [0.4, 0.5) is 4.39 Å². The van der Waals surface area contributed by atoms with E-state index in [0.717, 1.165) is 11.3 Å². The zero-order chi connectivity index (χ0) is 17.7. The number of rotatable bonds is 6. The highest BCUT2D eigenvalue weighted by Gasteiger charge is 2.25. The summed E-state index contributed by atoms with van der Waals surface area (Å²) in [4.78, 5) is 10.1. The van der Waals surface area contributed by atoms with E-state index < -0.39 is 29.6 Å². The van der Waals surface area contributed by atoms with Crippen molar-refractivity contribution in [2.75, 3.05) is 6.67 Å². The van der Waals surface area contributed by atoms with Gasteiger partial charge in [0, 0.05) is 5.56 Å². The molecule has 2 N–H and O–H groups in total. The van der Waals surface area contributed by atoms with E-state index in [0.29, 0.717) is 11.3 Å². The molecule has 1 amide bonds. The minimum Gasteiger partial charge on any atom is -0.386 e. The molecule has 2 aromatic rings. The number of aryl methyl sites for hydroxylation is 1. The fraction of sp³-hybridized carbons (Fsp3) is 0.312. The zero-order valence-electron chi connectivity index (χ0n) is 12.8. The van der Waals surface area contributed by atoms with Gasteiger partial charge in [0.15, 0.2) is 4.84 Å². The smallest absolute Gasteiger partial charge is 0.253 e. The van der Waals surface area contributed by atoms with Crippen LogP contribution in [-0.4, -0.2) is 38.8 Å².